The Balaban J connectivity index is 1.70. The third-order valence-electron chi connectivity index (χ3n) is 8.68. The molecule has 2 fully saturated rings. The fourth-order valence-corrected chi connectivity index (χ4v) is 6.87. The molecule has 0 saturated carbocycles. The molecule has 1 spiro atoms. The lowest BCUT2D eigenvalue weighted by molar-refractivity contribution is -0.160. The van der Waals surface area contributed by atoms with Gasteiger partial charge < -0.3 is 24.4 Å². The number of aliphatic hydroxyl groups excluding tert-OH is 1. The standard InChI is InChI=1S/C29H35ClN2O6/c1-4-18(2)21(17-33)32-24-26(35)31(20-12-7-6-11-19(20)30)15-10-14-29(24)22(25(32)34)23-27(36)37-16-9-5-8-13-28(23,3)38-29/h6-8,10-14,18,21-24,33H,4-5,9,15-17H2,1-3H3/b13-8-/t18-,21-,22-,23-,24?,28+,29-/m0/s1. The Morgan fingerprint density at radius 1 is 1.13 bits per heavy atom. The first-order chi connectivity index (χ1) is 18.2. The van der Waals surface area contributed by atoms with E-state index in [4.69, 9.17) is 21.1 Å². The summed E-state index contributed by atoms with van der Waals surface area (Å²) in [5.74, 6) is -3.30. The van der Waals surface area contributed by atoms with Crippen LogP contribution < -0.4 is 4.90 Å². The molecule has 38 heavy (non-hydrogen) atoms. The molecule has 1 aromatic carbocycles. The highest BCUT2D eigenvalue weighted by molar-refractivity contribution is 6.34. The third-order valence-corrected chi connectivity index (χ3v) is 9.00. The molecule has 1 N–H and O–H groups in total. The fourth-order valence-electron chi connectivity index (χ4n) is 6.63. The Hall–Kier alpha value is -2.68. The monoisotopic (exact) mass is 542 g/mol. The van der Waals surface area contributed by atoms with Crippen molar-refractivity contribution >= 4 is 35.1 Å². The number of amides is 2. The van der Waals surface area contributed by atoms with Crippen molar-refractivity contribution in [1.82, 2.24) is 4.90 Å². The van der Waals surface area contributed by atoms with E-state index in [1.165, 1.54) is 4.90 Å². The number of fused-ring (bicyclic) bond motifs is 2. The van der Waals surface area contributed by atoms with Gasteiger partial charge in [0.1, 0.15) is 17.6 Å². The highest BCUT2D eigenvalue weighted by atomic mass is 35.5. The van der Waals surface area contributed by atoms with Gasteiger partial charge in [-0.1, -0.05) is 68.3 Å². The normalized spacial score (nSPS) is 35.3. The number of halogens is 1. The Labute approximate surface area is 228 Å². The second kappa shape index (κ2) is 10.1. The number of allylic oxidation sites excluding steroid dienone is 1. The Morgan fingerprint density at radius 2 is 1.89 bits per heavy atom. The van der Waals surface area contributed by atoms with Crippen molar-refractivity contribution in [3.05, 3.63) is 53.6 Å². The summed E-state index contributed by atoms with van der Waals surface area (Å²) < 4.78 is 12.4. The molecule has 2 saturated heterocycles. The number of hydrogen-bond acceptors (Lipinski definition) is 6. The molecule has 2 amide bonds. The molecular weight excluding hydrogens is 508 g/mol. The van der Waals surface area contributed by atoms with Crippen LogP contribution in [0.25, 0.3) is 0 Å². The highest BCUT2D eigenvalue weighted by Gasteiger charge is 2.75. The zero-order valence-corrected chi connectivity index (χ0v) is 22.8. The summed E-state index contributed by atoms with van der Waals surface area (Å²) in [6.45, 7) is 5.85. The average molecular weight is 543 g/mol. The molecule has 4 heterocycles. The molecule has 7 atom stereocenters. The molecule has 5 rings (SSSR count). The number of ether oxygens (including phenoxy) is 2. The number of para-hydroxylation sites is 1. The number of anilines is 1. The van der Waals surface area contributed by atoms with E-state index in [9.17, 15) is 19.5 Å². The van der Waals surface area contributed by atoms with E-state index in [2.05, 4.69) is 0 Å². The van der Waals surface area contributed by atoms with Crippen molar-refractivity contribution in [1.29, 1.82) is 0 Å². The van der Waals surface area contributed by atoms with Crippen LogP contribution >= 0.6 is 11.6 Å². The summed E-state index contributed by atoms with van der Waals surface area (Å²) in [5.41, 5.74) is -2.05. The zero-order chi connectivity index (χ0) is 27.2. The van der Waals surface area contributed by atoms with Crippen molar-refractivity contribution in [2.75, 3.05) is 24.7 Å². The molecule has 4 aliphatic heterocycles. The van der Waals surface area contributed by atoms with Crippen LogP contribution in [0.5, 0.6) is 0 Å². The molecule has 0 bridgehead atoms. The van der Waals surface area contributed by atoms with Crippen LogP contribution in [0.2, 0.25) is 5.02 Å². The molecule has 8 nitrogen and oxygen atoms in total. The molecule has 9 heteroatoms. The molecular formula is C29H35ClN2O6. The van der Waals surface area contributed by atoms with Crippen molar-refractivity contribution in [3.63, 3.8) is 0 Å². The number of rotatable bonds is 5. The van der Waals surface area contributed by atoms with Gasteiger partial charge in [-0.25, -0.2) is 0 Å². The van der Waals surface area contributed by atoms with E-state index in [0.29, 0.717) is 30.0 Å². The lowest BCUT2D eigenvalue weighted by Crippen LogP contribution is -2.60. The summed E-state index contributed by atoms with van der Waals surface area (Å²) in [4.78, 5) is 45.5. The average Bonchev–Trinajstić information content (AvgIpc) is 3.24. The predicted molar refractivity (Wildman–Crippen MR) is 142 cm³/mol. The quantitative estimate of drug-likeness (QED) is 0.452. The van der Waals surface area contributed by atoms with Crippen molar-refractivity contribution < 1.29 is 29.0 Å². The van der Waals surface area contributed by atoms with Crippen LogP contribution in [-0.2, 0) is 23.9 Å². The number of likely N-dealkylation sites (tertiary alicyclic amines) is 1. The molecule has 0 radical (unpaired) electrons. The van der Waals surface area contributed by atoms with E-state index in [1.807, 2.05) is 32.1 Å². The van der Waals surface area contributed by atoms with E-state index in [-0.39, 0.29) is 37.5 Å². The van der Waals surface area contributed by atoms with Crippen molar-refractivity contribution in [3.8, 4) is 0 Å². The molecule has 1 aromatic rings. The molecule has 4 aliphatic rings. The van der Waals surface area contributed by atoms with Gasteiger partial charge in [0.05, 0.1) is 41.5 Å². The Morgan fingerprint density at radius 3 is 2.61 bits per heavy atom. The van der Waals surface area contributed by atoms with Gasteiger partial charge in [0, 0.05) is 6.54 Å². The first kappa shape index (κ1) is 26.9. The minimum absolute atomic E-state index is 0.104. The number of carbonyl (C=O) groups is 3. The van der Waals surface area contributed by atoms with Crippen LogP contribution in [0.4, 0.5) is 5.69 Å². The molecule has 0 aliphatic carbocycles. The Kier molecular flexibility index (Phi) is 7.18. The van der Waals surface area contributed by atoms with Crippen molar-refractivity contribution in [2.24, 2.45) is 17.8 Å². The van der Waals surface area contributed by atoms with E-state index < -0.39 is 41.1 Å². The van der Waals surface area contributed by atoms with Gasteiger partial charge in [-0.2, -0.15) is 0 Å². The number of cyclic esters (lactones) is 1. The van der Waals surface area contributed by atoms with Crippen LogP contribution in [0, 0.1) is 17.8 Å². The van der Waals surface area contributed by atoms with Gasteiger partial charge >= 0.3 is 5.97 Å². The third kappa shape index (κ3) is 4.00. The molecule has 0 aromatic heterocycles. The minimum Gasteiger partial charge on any atom is -0.465 e. The van der Waals surface area contributed by atoms with E-state index in [1.54, 1.807) is 42.2 Å². The maximum atomic E-state index is 14.5. The maximum absolute atomic E-state index is 14.5. The number of carbonyl (C=O) groups excluding carboxylic acids is 3. The first-order valence-electron chi connectivity index (χ1n) is 13.4. The summed E-state index contributed by atoms with van der Waals surface area (Å²) >= 11 is 6.51. The van der Waals surface area contributed by atoms with Crippen LogP contribution in [-0.4, -0.2) is 70.8 Å². The first-order valence-corrected chi connectivity index (χ1v) is 13.8. The number of nitrogens with zero attached hydrogens (tertiary/aromatic N) is 2. The largest absolute Gasteiger partial charge is 0.465 e. The van der Waals surface area contributed by atoms with E-state index in [0.717, 1.165) is 0 Å². The lowest BCUT2D eigenvalue weighted by atomic mass is 9.74. The second-order valence-electron chi connectivity index (χ2n) is 10.9. The van der Waals surface area contributed by atoms with Crippen molar-refractivity contribution in [2.45, 2.75) is 63.3 Å². The van der Waals surface area contributed by atoms with Crippen LogP contribution in [0.3, 0.4) is 0 Å². The Bertz CT molecular complexity index is 1190. The minimum atomic E-state index is -1.42. The maximum Gasteiger partial charge on any atom is 0.313 e. The SMILES string of the molecule is CC[C@H](C)[C@H](CO)N1C(=O)[C@@H]2[C@H]3C(=O)OCCC/C=C\[C@@]3(C)O[C@@]23C=CCN(c2ccccc2Cl)C(=O)C13. The summed E-state index contributed by atoms with van der Waals surface area (Å²) in [6.07, 6.45) is 9.46. The number of aliphatic hydroxyl groups is 1. The second-order valence-corrected chi connectivity index (χ2v) is 11.3. The summed E-state index contributed by atoms with van der Waals surface area (Å²) in [6, 6.07) is 5.32. The van der Waals surface area contributed by atoms with E-state index >= 15 is 0 Å². The molecule has 1 unspecified atom stereocenters. The van der Waals surface area contributed by atoms with Gasteiger partial charge in [-0.3, -0.25) is 14.4 Å². The van der Waals surface area contributed by atoms with Gasteiger partial charge in [0.2, 0.25) is 5.91 Å². The number of benzene rings is 1. The van der Waals surface area contributed by atoms with Gasteiger partial charge in [-0.05, 0) is 37.8 Å². The van der Waals surface area contributed by atoms with Gasteiger partial charge in [0.25, 0.3) is 5.91 Å². The fraction of sp³-hybridized carbons (Fsp3) is 0.552. The van der Waals surface area contributed by atoms with Gasteiger partial charge in [-0.15, -0.1) is 0 Å². The molecule has 204 valence electrons. The highest BCUT2D eigenvalue weighted by Crippen LogP contribution is 2.58. The number of esters is 1. The zero-order valence-electron chi connectivity index (χ0n) is 22.0. The topological polar surface area (TPSA) is 96.4 Å². The summed E-state index contributed by atoms with van der Waals surface area (Å²) in [5, 5.41) is 10.9. The lowest BCUT2D eigenvalue weighted by Gasteiger charge is -2.41. The number of hydrogen-bond donors (Lipinski definition) is 1. The smallest absolute Gasteiger partial charge is 0.313 e. The summed E-state index contributed by atoms with van der Waals surface area (Å²) in [7, 11) is 0. The van der Waals surface area contributed by atoms with Crippen LogP contribution in [0.15, 0.2) is 48.6 Å². The van der Waals surface area contributed by atoms with Gasteiger partial charge in [0.15, 0.2) is 0 Å². The predicted octanol–water partition coefficient (Wildman–Crippen LogP) is 3.51. The van der Waals surface area contributed by atoms with Crippen LogP contribution in [0.1, 0.15) is 40.0 Å².